The summed E-state index contributed by atoms with van der Waals surface area (Å²) < 4.78 is 34.9. The minimum Gasteiger partial charge on any atom is -0.462 e. The molecule has 0 aromatic carbocycles. The highest BCUT2D eigenvalue weighted by molar-refractivity contribution is 7.47. The summed E-state index contributed by atoms with van der Waals surface area (Å²) in [5.74, 6) is -0.775. The first-order valence-electron chi connectivity index (χ1n) is 44.0. The minimum atomic E-state index is -4.40. The van der Waals surface area contributed by atoms with Crippen LogP contribution >= 0.6 is 7.82 Å². The highest BCUT2D eigenvalue weighted by Crippen LogP contribution is 2.43. The Morgan fingerprint density at radius 1 is 0.314 bits per heavy atom. The third kappa shape index (κ3) is 85.9. The van der Waals surface area contributed by atoms with Crippen molar-refractivity contribution in [2.75, 3.05) is 47.5 Å². The molecule has 594 valence electrons. The van der Waals surface area contributed by atoms with Crippen molar-refractivity contribution in [3.63, 3.8) is 0 Å². The average Bonchev–Trinajstić information content (AvgIpc) is 0.914. The second-order valence-electron chi connectivity index (χ2n) is 30.9. The highest BCUT2D eigenvalue weighted by Gasteiger charge is 2.27. The lowest BCUT2D eigenvalue weighted by atomic mass is 10.0. The van der Waals surface area contributed by atoms with E-state index in [2.05, 4.69) is 111 Å². The molecule has 0 heterocycles. The molecule has 0 spiro atoms. The number of likely N-dealkylation sites (N-methyl/N-ethyl adjacent to an activating group) is 1. The summed E-state index contributed by atoms with van der Waals surface area (Å²) in [4.78, 5) is 36.1. The number of carbonyl (C=O) groups excluding carboxylic acids is 2. The molecule has 0 bridgehead atoms. The Hall–Kier alpha value is -3.07. The Bertz CT molecular complexity index is 2050. The predicted molar refractivity (Wildman–Crippen MR) is 445 cm³/mol. The van der Waals surface area contributed by atoms with E-state index in [1.54, 1.807) is 0 Å². The zero-order valence-electron chi connectivity index (χ0n) is 68.1. The number of nitrogens with zero attached hydrogens (tertiary/aromatic N) is 1. The number of phosphoric ester groups is 1. The molecule has 0 aliphatic carbocycles. The van der Waals surface area contributed by atoms with Crippen molar-refractivity contribution in [3.05, 3.63) is 97.2 Å². The first-order chi connectivity index (χ1) is 50.0. The van der Waals surface area contributed by atoms with Crippen LogP contribution in [0.5, 0.6) is 0 Å². The van der Waals surface area contributed by atoms with Gasteiger partial charge < -0.3 is 18.9 Å². The van der Waals surface area contributed by atoms with Gasteiger partial charge in [0, 0.05) is 12.8 Å². The molecule has 0 amide bonds. The smallest absolute Gasteiger partial charge is 0.462 e. The van der Waals surface area contributed by atoms with E-state index in [-0.39, 0.29) is 25.6 Å². The lowest BCUT2D eigenvalue weighted by Gasteiger charge is -2.24. The summed E-state index contributed by atoms with van der Waals surface area (Å²) in [6.07, 6.45) is 116. The van der Waals surface area contributed by atoms with E-state index >= 15 is 0 Å². The Labute approximate surface area is 634 Å². The number of phosphoric acid groups is 1. The van der Waals surface area contributed by atoms with Gasteiger partial charge >= 0.3 is 19.8 Å². The number of quaternary nitrogens is 1. The summed E-state index contributed by atoms with van der Waals surface area (Å²) in [5.41, 5.74) is 0. The van der Waals surface area contributed by atoms with Gasteiger partial charge in [0.05, 0.1) is 27.7 Å². The number of allylic oxidation sites excluding steroid dienone is 16. The fourth-order valence-corrected chi connectivity index (χ4v) is 13.7. The van der Waals surface area contributed by atoms with Gasteiger partial charge in [-0.15, -0.1) is 0 Å². The van der Waals surface area contributed by atoms with Crippen LogP contribution in [0, 0.1) is 0 Å². The molecule has 0 aliphatic rings. The Morgan fingerprint density at radius 2 is 0.559 bits per heavy atom. The third-order valence-corrected chi connectivity index (χ3v) is 20.6. The van der Waals surface area contributed by atoms with Crippen molar-refractivity contribution in [3.8, 4) is 0 Å². The van der Waals surface area contributed by atoms with Gasteiger partial charge in [0.25, 0.3) is 0 Å². The minimum absolute atomic E-state index is 0.0326. The lowest BCUT2D eigenvalue weighted by Crippen LogP contribution is -2.37. The normalized spacial score (nSPS) is 13.4. The topological polar surface area (TPSA) is 108 Å². The summed E-state index contributed by atoms with van der Waals surface area (Å²) in [6, 6.07) is 0. The number of carbonyl (C=O) groups is 2. The Morgan fingerprint density at radius 3 is 0.833 bits per heavy atom. The quantitative estimate of drug-likeness (QED) is 0.0211. The predicted octanol–water partition coefficient (Wildman–Crippen LogP) is 29.7. The molecule has 0 radical (unpaired) electrons. The lowest BCUT2D eigenvalue weighted by molar-refractivity contribution is -0.870. The number of hydrogen-bond donors (Lipinski definition) is 1. The molecule has 0 aliphatic heterocycles. The molecule has 2 unspecified atom stereocenters. The van der Waals surface area contributed by atoms with Gasteiger partial charge in [-0.3, -0.25) is 18.6 Å². The molecule has 0 aromatic rings. The molecule has 0 saturated carbocycles. The highest BCUT2D eigenvalue weighted by atomic mass is 31.2. The van der Waals surface area contributed by atoms with Crippen molar-refractivity contribution in [2.45, 2.75) is 431 Å². The van der Waals surface area contributed by atoms with E-state index in [1.165, 1.54) is 315 Å². The van der Waals surface area contributed by atoms with Crippen molar-refractivity contribution in [1.82, 2.24) is 0 Å². The molecule has 0 saturated heterocycles. The number of ether oxygens (including phenoxy) is 2. The second-order valence-corrected chi connectivity index (χ2v) is 32.4. The van der Waals surface area contributed by atoms with Gasteiger partial charge in [0.2, 0.25) is 0 Å². The van der Waals surface area contributed by atoms with E-state index in [1.807, 2.05) is 21.1 Å². The molecule has 10 heteroatoms. The van der Waals surface area contributed by atoms with Crippen LogP contribution in [-0.4, -0.2) is 74.9 Å². The summed E-state index contributed by atoms with van der Waals surface area (Å²) >= 11 is 0. The first-order valence-corrected chi connectivity index (χ1v) is 45.5. The first kappa shape index (κ1) is 98.9. The Balaban J connectivity index is 3.88. The van der Waals surface area contributed by atoms with Gasteiger partial charge in [0.15, 0.2) is 6.10 Å². The number of rotatable bonds is 82. The van der Waals surface area contributed by atoms with Crippen LogP contribution in [0.3, 0.4) is 0 Å². The number of esters is 2. The van der Waals surface area contributed by atoms with E-state index in [4.69, 9.17) is 18.5 Å². The Kier molecular flexibility index (Phi) is 79.5. The summed E-state index contributed by atoms with van der Waals surface area (Å²) in [5, 5.41) is 0. The van der Waals surface area contributed by atoms with E-state index in [0.29, 0.717) is 23.9 Å². The molecule has 9 nitrogen and oxygen atoms in total. The van der Waals surface area contributed by atoms with Gasteiger partial charge in [0.1, 0.15) is 19.8 Å². The van der Waals surface area contributed by atoms with Crippen LogP contribution in [0.25, 0.3) is 0 Å². The van der Waals surface area contributed by atoms with Gasteiger partial charge in [-0.1, -0.05) is 413 Å². The molecule has 0 fully saturated rings. The van der Waals surface area contributed by atoms with Crippen LogP contribution < -0.4 is 0 Å². The van der Waals surface area contributed by atoms with Crippen LogP contribution in [0.15, 0.2) is 97.2 Å². The number of unbranched alkanes of at least 4 members (excludes halogenated alkanes) is 52. The monoisotopic (exact) mass is 1450 g/mol. The largest absolute Gasteiger partial charge is 0.472 e. The molecule has 102 heavy (non-hydrogen) atoms. The molecule has 0 rings (SSSR count). The van der Waals surface area contributed by atoms with E-state index in [0.717, 1.165) is 77.0 Å². The zero-order chi connectivity index (χ0) is 74.0. The van der Waals surface area contributed by atoms with Crippen LogP contribution in [-0.2, 0) is 32.7 Å². The molecule has 0 aromatic heterocycles. The third-order valence-electron chi connectivity index (χ3n) is 19.6. The summed E-state index contributed by atoms with van der Waals surface area (Å²) in [6.45, 7) is 4.37. The van der Waals surface area contributed by atoms with Crippen molar-refractivity contribution < 1.29 is 42.1 Å². The van der Waals surface area contributed by atoms with E-state index in [9.17, 15) is 19.0 Å². The van der Waals surface area contributed by atoms with Crippen LogP contribution in [0.4, 0.5) is 0 Å². The maximum absolute atomic E-state index is 12.9. The molecule has 2 atom stereocenters. The van der Waals surface area contributed by atoms with Crippen molar-refractivity contribution in [1.29, 1.82) is 0 Å². The summed E-state index contributed by atoms with van der Waals surface area (Å²) in [7, 11) is 1.50. The fraction of sp³-hybridized carbons (Fsp3) is 0.804. The van der Waals surface area contributed by atoms with Gasteiger partial charge in [-0.25, -0.2) is 4.57 Å². The van der Waals surface area contributed by atoms with Crippen molar-refractivity contribution >= 4 is 19.8 Å². The zero-order valence-corrected chi connectivity index (χ0v) is 69.0. The molecular weight excluding hydrogens is 1280 g/mol. The second kappa shape index (κ2) is 82.0. The van der Waals surface area contributed by atoms with Crippen molar-refractivity contribution in [2.24, 2.45) is 0 Å². The average molecular weight is 1450 g/mol. The van der Waals surface area contributed by atoms with Gasteiger partial charge in [-0.2, -0.15) is 0 Å². The maximum Gasteiger partial charge on any atom is 0.472 e. The fourth-order valence-electron chi connectivity index (χ4n) is 12.9. The standard InChI is InChI=1S/C92H168NO8P/c1-6-8-10-12-14-16-18-20-22-24-26-28-30-32-34-36-38-40-42-44-46-48-50-52-54-56-58-60-62-64-66-68-70-72-74-76-78-80-82-84-91(94)98-88-90(89-100-102(96,97)99-87-86-93(3,4)5)101-92(95)85-83-81-79-77-75-73-71-69-67-65-63-61-59-57-55-53-51-49-47-45-43-41-39-37-35-33-31-29-27-25-23-21-19-17-15-13-11-9-7-2/h9,11,15,17-18,20-21,23-24,26-27,29,33,35,39,41,90H,6-8,10,12-14,16,19,22,25,28,30-32,34,36-38,40,42-89H2,1-5H3/p+1/b11-9-,17-15-,20-18-,23-21-,26-24-,29-27-,35-33-,41-39-. The molecule has 1 N–H and O–H groups in total. The SMILES string of the molecule is CC/C=C\C/C=C\C/C=C\C/C=C\C/C=C\C/C=C\CCCCCCCCCCCCCCCCCCCCCCC(=O)OC(COC(=O)CCCCCCCCCCCCCCCCCCCCCCCCCCCCC/C=C\C/C=C\CCCCCCC)COP(=O)(O)OCC[N+](C)(C)C. The van der Waals surface area contributed by atoms with Crippen LogP contribution in [0.2, 0.25) is 0 Å². The van der Waals surface area contributed by atoms with Gasteiger partial charge in [-0.05, 0) is 96.3 Å². The maximum atomic E-state index is 12.9. The van der Waals surface area contributed by atoms with Crippen LogP contribution in [0.1, 0.15) is 425 Å². The number of hydrogen-bond acceptors (Lipinski definition) is 7. The van der Waals surface area contributed by atoms with E-state index < -0.39 is 26.5 Å². The molecular formula is C92H169NO8P+.